The first kappa shape index (κ1) is 26.1. The molecule has 1 aliphatic carbocycles. The number of hydrogen-bond donors (Lipinski definition) is 0. The summed E-state index contributed by atoms with van der Waals surface area (Å²) < 4.78 is 26.2. The zero-order valence-electron chi connectivity index (χ0n) is 19.8. The fraction of sp³-hybridized carbons (Fsp3) is 0.609. The van der Waals surface area contributed by atoms with Crippen molar-refractivity contribution in [1.82, 2.24) is 0 Å². The number of hydrogen-bond acceptors (Lipinski definition) is 10. The molecular weight excluding hydrogens is 436 g/mol. The second-order valence-electron chi connectivity index (χ2n) is 7.57. The molecular formula is C23H30O10. The Hall–Kier alpha value is -3.17. The van der Waals surface area contributed by atoms with E-state index in [0.29, 0.717) is 11.1 Å². The van der Waals surface area contributed by atoms with E-state index in [2.05, 4.69) is 0 Å². The summed E-state index contributed by atoms with van der Waals surface area (Å²) in [6, 6.07) is 0. The van der Waals surface area contributed by atoms with E-state index in [1.165, 1.54) is 41.5 Å². The monoisotopic (exact) mass is 466 g/mol. The molecule has 182 valence electrons. The molecule has 33 heavy (non-hydrogen) atoms. The van der Waals surface area contributed by atoms with E-state index in [0.717, 1.165) is 0 Å². The maximum atomic E-state index is 13.5. The van der Waals surface area contributed by atoms with Gasteiger partial charge in [-0.3, -0.25) is 19.2 Å². The highest BCUT2D eigenvalue weighted by Gasteiger charge is 2.75. The second-order valence-corrected chi connectivity index (χ2v) is 7.57. The number of ether oxygens (including phenoxy) is 4. The van der Waals surface area contributed by atoms with Crippen LogP contribution in [0.5, 0.6) is 0 Å². The maximum Gasteiger partial charge on any atom is 0.339 e. The van der Waals surface area contributed by atoms with Crippen molar-refractivity contribution in [2.75, 3.05) is 26.4 Å². The minimum Gasteiger partial charge on any atom is -0.465 e. The fourth-order valence-electron chi connectivity index (χ4n) is 4.31. The Morgan fingerprint density at radius 2 is 1.03 bits per heavy atom. The molecule has 0 spiro atoms. The van der Waals surface area contributed by atoms with Gasteiger partial charge in [-0.05, 0) is 52.7 Å². The van der Waals surface area contributed by atoms with Gasteiger partial charge in [-0.15, -0.1) is 0 Å². The molecule has 0 amide bonds. The number of carbonyl (C=O) groups is 4. The van der Waals surface area contributed by atoms with Crippen LogP contribution in [0.15, 0.2) is 9.21 Å². The van der Waals surface area contributed by atoms with Crippen LogP contribution in [-0.4, -0.2) is 50.3 Å². The Morgan fingerprint density at radius 3 is 1.36 bits per heavy atom. The SMILES string of the molecule is CCOC(=O)C1(C(=O)OCC)Cc2c(C)oc(=O)c(C)c2CC1(C(=O)OCC)C(=O)OCC. The summed E-state index contributed by atoms with van der Waals surface area (Å²) in [4.78, 5) is 66.4. The molecule has 10 heteroatoms. The van der Waals surface area contributed by atoms with Crippen molar-refractivity contribution in [1.29, 1.82) is 0 Å². The lowest BCUT2D eigenvalue weighted by Crippen LogP contribution is -2.66. The van der Waals surface area contributed by atoms with E-state index in [4.69, 9.17) is 23.4 Å². The van der Waals surface area contributed by atoms with Crippen LogP contribution in [-0.2, 0) is 51.0 Å². The molecule has 10 nitrogen and oxygen atoms in total. The predicted molar refractivity (Wildman–Crippen MR) is 113 cm³/mol. The summed E-state index contributed by atoms with van der Waals surface area (Å²) in [5.74, 6) is -4.38. The lowest BCUT2D eigenvalue weighted by atomic mass is 9.53. The van der Waals surface area contributed by atoms with Crippen molar-refractivity contribution in [2.45, 2.75) is 54.4 Å². The number of rotatable bonds is 8. The lowest BCUT2D eigenvalue weighted by molar-refractivity contribution is -0.204. The normalized spacial score (nSPS) is 15.7. The van der Waals surface area contributed by atoms with E-state index in [9.17, 15) is 24.0 Å². The van der Waals surface area contributed by atoms with Crippen molar-refractivity contribution in [3.05, 3.63) is 32.9 Å². The van der Waals surface area contributed by atoms with E-state index >= 15 is 0 Å². The van der Waals surface area contributed by atoms with Crippen LogP contribution >= 0.6 is 0 Å². The quantitative estimate of drug-likeness (QED) is 0.315. The predicted octanol–water partition coefficient (Wildman–Crippen LogP) is 1.58. The standard InChI is InChI=1S/C23H30O10/c1-7-29-18(25)22(19(26)30-8-2)11-15-13(5)17(24)33-14(6)16(15)12-23(22,20(27)31-9-3)21(28)32-10-4/h7-12H2,1-6H3. The molecule has 1 heterocycles. The third-order valence-corrected chi connectivity index (χ3v) is 5.90. The lowest BCUT2D eigenvalue weighted by Gasteiger charge is -2.46. The molecule has 1 aromatic heterocycles. The molecule has 0 unspecified atom stereocenters. The average Bonchev–Trinajstić information content (AvgIpc) is 2.77. The molecule has 0 N–H and O–H groups in total. The molecule has 0 atom stereocenters. The fourth-order valence-corrected chi connectivity index (χ4v) is 4.31. The van der Waals surface area contributed by atoms with Gasteiger partial charge in [0.05, 0.1) is 26.4 Å². The minimum atomic E-state index is -2.48. The van der Waals surface area contributed by atoms with E-state index < -0.39 is 53.2 Å². The number of esters is 4. The van der Waals surface area contributed by atoms with Crippen LogP contribution in [0.4, 0.5) is 0 Å². The zero-order valence-corrected chi connectivity index (χ0v) is 19.8. The third kappa shape index (κ3) is 4.02. The van der Waals surface area contributed by atoms with Gasteiger partial charge in [-0.1, -0.05) is 0 Å². The summed E-state index contributed by atoms with van der Waals surface area (Å²) >= 11 is 0. The molecule has 0 saturated carbocycles. The van der Waals surface area contributed by atoms with Gasteiger partial charge < -0.3 is 23.4 Å². The van der Waals surface area contributed by atoms with Crippen LogP contribution in [0.2, 0.25) is 0 Å². The van der Waals surface area contributed by atoms with Crippen molar-refractivity contribution < 1.29 is 42.5 Å². The molecule has 0 aliphatic heterocycles. The number of fused-ring (bicyclic) bond motifs is 1. The molecule has 1 aliphatic rings. The Bertz CT molecular complexity index is 967. The Labute approximate surface area is 191 Å². The Kier molecular flexibility index (Phi) is 8.05. The molecule has 0 aromatic carbocycles. The largest absolute Gasteiger partial charge is 0.465 e. The summed E-state index contributed by atoms with van der Waals surface area (Å²) in [6.07, 6.45) is -0.982. The highest BCUT2D eigenvalue weighted by atomic mass is 16.6. The maximum absolute atomic E-state index is 13.5. The molecule has 2 rings (SSSR count). The summed E-state index contributed by atoms with van der Waals surface area (Å²) in [7, 11) is 0. The summed E-state index contributed by atoms with van der Waals surface area (Å²) in [5.41, 5.74) is -4.79. The average molecular weight is 466 g/mol. The first-order chi connectivity index (χ1) is 15.6. The number of carbonyl (C=O) groups excluding carboxylic acids is 4. The van der Waals surface area contributed by atoms with E-state index in [1.807, 2.05) is 0 Å². The first-order valence-electron chi connectivity index (χ1n) is 10.9. The van der Waals surface area contributed by atoms with Gasteiger partial charge in [0.15, 0.2) is 10.8 Å². The van der Waals surface area contributed by atoms with Gasteiger partial charge in [0.25, 0.3) is 0 Å². The van der Waals surface area contributed by atoms with Crippen LogP contribution in [0, 0.1) is 24.7 Å². The smallest absolute Gasteiger partial charge is 0.339 e. The summed E-state index contributed by atoms with van der Waals surface area (Å²) in [5, 5.41) is 0. The topological polar surface area (TPSA) is 135 Å². The van der Waals surface area contributed by atoms with E-state index in [-0.39, 0.29) is 37.8 Å². The van der Waals surface area contributed by atoms with Crippen molar-refractivity contribution in [3.8, 4) is 0 Å². The molecule has 0 saturated heterocycles. The van der Waals surface area contributed by atoms with Crippen molar-refractivity contribution in [2.24, 2.45) is 10.8 Å². The summed E-state index contributed by atoms with van der Waals surface area (Å²) in [6.45, 7) is 8.55. The third-order valence-electron chi connectivity index (χ3n) is 5.90. The van der Waals surface area contributed by atoms with E-state index in [1.54, 1.807) is 0 Å². The second kappa shape index (κ2) is 10.2. The van der Waals surface area contributed by atoms with Gasteiger partial charge in [-0.2, -0.15) is 0 Å². The van der Waals surface area contributed by atoms with Gasteiger partial charge >= 0.3 is 29.5 Å². The van der Waals surface area contributed by atoms with Crippen LogP contribution < -0.4 is 5.63 Å². The van der Waals surface area contributed by atoms with Gasteiger partial charge in [0.1, 0.15) is 5.76 Å². The van der Waals surface area contributed by atoms with Gasteiger partial charge in [0.2, 0.25) is 0 Å². The van der Waals surface area contributed by atoms with Crippen LogP contribution in [0.1, 0.15) is 50.1 Å². The molecule has 0 bridgehead atoms. The number of aryl methyl sites for hydroxylation is 1. The molecule has 0 radical (unpaired) electrons. The van der Waals surface area contributed by atoms with Crippen molar-refractivity contribution >= 4 is 23.9 Å². The van der Waals surface area contributed by atoms with Gasteiger partial charge in [-0.25, -0.2) is 4.79 Å². The first-order valence-corrected chi connectivity index (χ1v) is 10.9. The Balaban J connectivity index is 3.07. The highest BCUT2D eigenvalue weighted by Crippen LogP contribution is 2.53. The molecule has 1 aromatic rings. The van der Waals surface area contributed by atoms with Gasteiger partial charge in [0, 0.05) is 18.4 Å². The van der Waals surface area contributed by atoms with Crippen LogP contribution in [0.3, 0.4) is 0 Å². The zero-order chi connectivity index (χ0) is 25.0. The minimum absolute atomic E-state index is 0.129. The van der Waals surface area contributed by atoms with Crippen LogP contribution in [0.25, 0.3) is 0 Å². The highest BCUT2D eigenvalue weighted by molar-refractivity contribution is 6.15. The molecule has 0 fully saturated rings. The Morgan fingerprint density at radius 1 is 0.697 bits per heavy atom. The van der Waals surface area contributed by atoms with Crippen molar-refractivity contribution in [3.63, 3.8) is 0 Å².